The lowest BCUT2D eigenvalue weighted by Crippen LogP contribution is -2.05. The molecule has 0 fully saturated rings. The minimum absolute atomic E-state index is 0.604. The number of benzene rings is 1. The first kappa shape index (κ1) is 13.0. The third kappa shape index (κ3) is 4.67. The highest BCUT2D eigenvalue weighted by Crippen LogP contribution is 2.16. The van der Waals surface area contributed by atoms with Gasteiger partial charge in [-0.1, -0.05) is 26.0 Å². The fourth-order valence-electron chi connectivity index (χ4n) is 1.54. The third-order valence-corrected chi connectivity index (χ3v) is 2.58. The van der Waals surface area contributed by atoms with Crippen molar-refractivity contribution in [1.29, 1.82) is 0 Å². The average Bonchev–Trinajstić information content (AvgIpc) is 2.29. The monoisotopic (exact) mass is 221 g/mol. The molecule has 0 aliphatic rings. The van der Waals surface area contributed by atoms with Crippen LogP contribution < -0.4 is 5.32 Å². The number of nitrogens with one attached hydrogen (secondary N) is 1. The van der Waals surface area contributed by atoms with Gasteiger partial charge in [0.05, 0.1) is 0 Å². The van der Waals surface area contributed by atoms with Crippen LogP contribution in [-0.2, 0) is 4.74 Å². The smallest absolute Gasteiger partial charge is 0.0482 e. The molecule has 0 aliphatic heterocycles. The molecule has 0 aromatic heterocycles. The zero-order chi connectivity index (χ0) is 11.8. The molecule has 0 saturated heterocycles. The molecule has 1 rings (SSSR count). The molecule has 0 spiro atoms. The van der Waals surface area contributed by atoms with E-state index in [-0.39, 0.29) is 0 Å². The predicted octanol–water partition coefficient (Wildman–Crippen LogP) is 3.65. The van der Waals surface area contributed by atoms with E-state index in [1.54, 1.807) is 0 Å². The van der Waals surface area contributed by atoms with Gasteiger partial charge >= 0.3 is 0 Å². The first-order valence-electron chi connectivity index (χ1n) is 6.15. The highest BCUT2D eigenvalue weighted by Gasteiger charge is 1.98. The number of hydrogen-bond acceptors (Lipinski definition) is 2. The molecule has 0 amide bonds. The molecule has 0 radical (unpaired) electrons. The van der Waals surface area contributed by atoms with Crippen molar-refractivity contribution in [3.63, 3.8) is 0 Å². The molecular weight excluding hydrogens is 198 g/mol. The highest BCUT2D eigenvalue weighted by molar-refractivity contribution is 5.44. The van der Waals surface area contributed by atoms with Crippen molar-refractivity contribution in [3.05, 3.63) is 29.8 Å². The fourth-order valence-corrected chi connectivity index (χ4v) is 1.54. The summed E-state index contributed by atoms with van der Waals surface area (Å²) in [6.07, 6.45) is 1.06. The minimum Gasteiger partial charge on any atom is -0.385 e. The van der Waals surface area contributed by atoms with Gasteiger partial charge in [0.2, 0.25) is 0 Å². The first-order valence-corrected chi connectivity index (χ1v) is 6.15. The lowest BCUT2D eigenvalue weighted by Gasteiger charge is -2.09. The summed E-state index contributed by atoms with van der Waals surface area (Å²) in [6, 6.07) is 8.68. The molecule has 0 bridgehead atoms. The molecule has 16 heavy (non-hydrogen) atoms. The van der Waals surface area contributed by atoms with Crippen LogP contribution in [0.15, 0.2) is 24.3 Å². The van der Waals surface area contributed by atoms with Crippen molar-refractivity contribution in [2.75, 3.05) is 25.1 Å². The van der Waals surface area contributed by atoms with Crippen molar-refractivity contribution < 1.29 is 4.74 Å². The van der Waals surface area contributed by atoms with E-state index in [4.69, 9.17) is 4.74 Å². The molecule has 0 atom stereocenters. The Kier molecular flexibility index (Phi) is 5.94. The predicted molar refractivity (Wildman–Crippen MR) is 70.1 cm³/mol. The van der Waals surface area contributed by atoms with Crippen LogP contribution in [0.1, 0.15) is 38.7 Å². The lowest BCUT2D eigenvalue weighted by molar-refractivity contribution is 0.147. The standard InChI is InChI=1S/C14H23NO/c1-4-16-11-5-10-15-14-8-6-13(7-9-14)12(2)3/h6-9,12,15H,4-5,10-11H2,1-3H3. The van der Waals surface area contributed by atoms with Crippen molar-refractivity contribution in [3.8, 4) is 0 Å². The van der Waals surface area contributed by atoms with Crippen molar-refractivity contribution in [2.45, 2.75) is 33.1 Å². The quantitative estimate of drug-likeness (QED) is 0.710. The van der Waals surface area contributed by atoms with E-state index in [0.717, 1.165) is 26.2 Å². The molecule has 2 heteroatoms. The van der Waals surface area contributed by atoms with E-state index < -0.39 is 0 Å². The Morgan fingerprint density at radius 1 is 1.19 bits per heavy atom. The van der Waals surface area contributed by atoms with E-state index in [0.29, 0.717) is 5.92 Å². The van der Waals surface area contributed by atoms with Crippen LogP contribution in [-0.4, -0.2) is 19.8 Å². The maximum Gasteiger partial charge on any atom is 0.0482 e. The normalized spacial score (nSPS) is 10.8. The molecule has 0 heterocycles. The van der Waals surface area contributed by atoms with Crippen LogP contribution in [0, 0.1) is 0 Å². The Labute approximate surface area is 99.0 Å². The lowest BCUT2D eigenvalue weighted by atomic mass is 10.0. The summed E-state index contributed by atoms with van der Waals surface area (Å²) in [5, 5.41) is 3.39. The Morgan fingerprint density at radius 3 is 2.44 bits per heavy atom. The summed E-state index contributed by atoms with van der Waals surface area (Å²) < 4.78 is 5.28. The summed E-state index contributed by atoms with van der Waals surface area (Å²) in [5.74, 6) is 0.604. The molecule has 90 valence electrons. The van der Waals surface area contributed by atoms with Crippen LogP contribution in [0.5, 0.6) is 0 Å². The summed E-state index contributed by atoms with van der Waals surface area (Å²) in [5.41, 5.74) is 2.58. The second-order valence-corrected chi connectivity index (χ2v) is 4.25. The van der Waals surface area contributed by atoms with Gasteiger partial charge in [0.15, 0.2) is 0 Å². The molecule has 0 aliphatic carbocycles. The topological polar surface area (TPSA) is 21.3 Å². The molecule has 1 aromatic carbocycles. The van der Waals surface area contributed by atoms with Crippen molar-refractivity contribution in [1.82, 2.24) is 0 Å². The second-order valence-electron chi connectivity index (χ2n) is 4.25. The Hall–Kier alpha value is -1.02. The van der Waals surface area contributed by atoms with E-state index in [9.17, 15) is 0 Å². The van der Waals surface area contributed by atoms with Gasteiger partial charge in [0, 0.05) is 25.4 Å². The first-order chi connectivity index (χ1) is 7.74. The van der Waals surface area contributed by atoms with Gasteiger partial charge in [0.1, 0.15) is 0 Å². The van der Waals surface area contributed by atoms with Gasteiger partial charge in [-0.2, -0.15) is 0 Å². The highest BCUT2D eigenvalue weighted by atomic mass is 16.5. The number of anilines is 1. The average molecular weight is 221 g/mol. The summed E-state index contributed by atoms with van der Waals surface area (Å²) in [7, 11) is 0. The number of rotatable bonds is 7. The molecule has 0 saturated carbocycles. The largest absolute Gasteiger partial charge is 0.385 e. The van der Waals surface area contributed by atoms with Crippen LogP contribution in [0.25, 0.3) is 0 Å². The van der Waals surface area contributed by atoms with E-state index in [1.165, 1.54) is 11.3 Å². The van der Waals surface area contributed by atoms with Gasteiger partial charge in [-0.15, -0.1) is 0 Å². The number of ether oxygens (including phenoxy) is 1. The SMILES string of the molecule is CCOCCCNc1ccc(C(C)C)cc1. The molecule has 0 unspecified atom stereocenters. The van der Waals surface area contributed by atoms with Gasteiger partial charge in [0.25, 0.3) is 0 Å². The van der Waals surface area contributed by atoms with Crippen LogP contribution in [0.2, 0.25) is 0 Å². The van der Waals surface area contributed by atoms with E-state index >= 15 is 0 Å². The minimum atomic E-state index is 0.604. The molecular formula is C14H23NO. The fraction of sp³-hybridized carbons (Fsp3) is 0.571. The maximum atomic E-state index is 5.28. The number of hydrogen-bond donors (Lipinski definition) is 1. The van der Waals surface area contributed by atoms with Crippen LogP contribution in [0.4, 0.5) is 5.69 Å². The third-order valence-electron chi connectivity index (χ3n) is 2.58. The zero-order valence-corrected chi connectivity index (χ0v) is 10.6. The second kappa shape index (κ2) is 7.29. The van der Waals surface area contributed by atoms with Crippen molar-refractivity contribution in [2.24, 2.45) is 0 Å². The van der Waals surface area contributed by atoms with Gasteiger partial charge in [-0.05, 0) is 37.0 Å². The van der Waals surface area contributed by atoms with Gasteiger partial charge in [-0.25, -0.2) is 0 Å². The van der Waals surface area contributed by atoms with E-state index in [1.807, 2.05) is 6.92 Å². The summed E-state index contributed by atoms with van der Waals surface area (Å²) in [6.45, 7) is 9.07. The maximum absolute atomic E-state index is 5.28. The van der Waals surface area contributed by atoms with Gasteiger partial charge < -0.3 is 10.1 Å². The van der Waals surface area contributed by atoms with E-state index in [2.05, 4.69) is 43.4 Å². The molecule has 1 N–H and O–H groups in total. The van der Waals surface area contributed by atoms with Crippen LogP contribution >= 0.6 is 0 Å². The Morgan fingerprint density at radius 2 is 1.88 bits per heavy atom. The summed E-state index contributed by atoms with van der Waals surface area (Å²) >= 11 is 0. The molecule has 2 nitrogen and oxygen atoms in total. The zero-order valence-electron chi connectivity index (χ0n) is 10.6. The Bertz CT molecular complexity index is 279. The Balaban J connectivity index is 2.27. The molecule has 1 aromatic rings. The summed E-state index contributed by atoms with van der Waals surface area (Å²) in [4.78, 5) is 0. The van der Waals surface area contributed by atoms with Gasteiger partial charge in [-0.3, -0.25) is 0 Å². The van der Waals surface area contributed by atoms with Crippen LogP contribution in [0.3, 0.4) is 0 Å². The van der Waals surface area contributed by atoms with Crippen molar-refractivity contribution >= 4 is 5.69 Å².